The molecule has 5 nitrogen and oxygen atoms in total. The molecule has 0 spiro atoms. The summed E-state index contributed by atoms with van der Waals surface area (Å²) in [4.78, 5) is 12.5. The summed E-state index contributed by atoms with van der Waals surface area (Å²) >= 11 is 0. The lowest BCUT2D eigenvalue weighted by atomic mass is 10.1. The highest BCUT2D eigenvalue weighted by atomic mass is 19.4. The van der Waals surface area contributed by atoms with Gasteiger partial charge in [-0.25, -0.2) is 5.73 Å². The molecule has 0 saturated carbocycles. The average molecular weight is 426 g/mol. The van der Waals surface area contributed by atoms with Crippen molar-refractivity contribution in [3.63, 3.8) is 0 Å². The first-order chi connectivity index (χ1) is 14.5. The Hall–Kier alpha value is -3.83. The van der Waals surface area contributed by atoms with E-state index in [0.29, 0.717) is 23.4 Å². The van der Waals surface area contributed by atoms with Crippen LogP contribution in [0.3, 0.4) is 0 Å². The lowest BCUT2D eigenvalue weighted by molar-refractivity contribution is -0.122. The van der Waals surface area contributed by atoms with E-state index < -0.39 is 6.30 Å². The maximum atomic E-state index is 12.5. The molecule has 0 aliphatic heterocycles. The fourth-order valence-corrected chi connectivity index (χ4v) is 2.74. The van der Waals surface area contributed by atoms with Crippen molar-refractivity contribution >= 4 is 22.5 Å². The zero-order valence-corrected chi connectivity index (χ0v) is 16.8. The summed E-state index contributed by atoms with van der Waals surface area (Å²) in [6.07, 6.45) is -4.50. The number of ketones is 1. The van der Waals surface area contributed by atoms with E-state index in [0.717, 1.165) is 16.5 Å². The monoisotopic (exact) mass is 426 g/mol. The number of amidine groups is 1. The van der Waals surface area contributed by atoms with Crippen LogP contribution in [0.4, 0.5) is 13.2 Å². The van der Waals surface area contributed by atoms with E-state index in [1.807, 2.05) is 47.0 Å². The Balaban J connectivity index is 0.000000614. The number of Topliss-reactive ketones (excluding diaryl/α,β-unsaturated/α-hetero) is 1. The zero-order valence-electron chi connectivity index (χ0n) is 16.8. The predicted octanol–water partition coefficient (Wildman–Crippen LogP) is 4.20. The fraction of sp³-hybridized carbons (Fsp3) is 0.130. The number of hydrogen-bond acceptors (Lipinski definition) is 3. The summed E-state index contributed by atoms with van der Waals surface area (Å²) in [7, 11) is 0. The van der Waals surface area contributed by atoms with E-state index in [9.17, 15) is 18.0 Å². The summed E-state index contributed by atoms with van der Waals surface area (Å²) in [6.45, 7) is 5.88. The number of nitrogens with one attached hydrogen (secondary N) is 1. The van der Waals surface area contributed by atoms with Gasteiger partial charge in [0, 0.05) is 22.0 Å². The molecular weight excluding hydrogens is 405 g/mol. The van der Waals surface area contributed by atoms with Crippen molar-refractivity contribution in [2.24, 2.45) is 11.5 Å². The fourth-order valence-electron chi connectivity index (χ4n) is 2.74. The van der Waals surface area contributed by atoms with Crippen molar-refractivity contribution < 1.29 is 18.0 Å². The van der Waals surface area contributed by atoms with Crippen molar-refractivity contribution in [2.45, 2.75) is 19.8 Å². The number of carbonyl (C=O) groups excluding carboxylic acids is 1. The lowest BCUT2D eigenvalue weighted by Gasteiger charge is -2.06. The van der Waals surface area contributed by atoms with Gasteiger partial charge in [-0.3, -0.25) is 10.2 Å². The van der Waals surface area contributed by atoms with Crippen LogP contribution in [0, 0.1) is 17.3 Å². The van der Waals surface area contributed by atoms with Gasteiger partial charge >= 0.3 is 6.30 Å². The molecule has 3 rings (SSSR count). The Morgan fingerprint density at radius 3 is 2.29 bits per heavy atom. The minimum atomic E-state index is -4.50. The number of allylic oxidation sites excluding steroid dienone is 1. The van der Waals surface area contributed by atoms with Crippen LogP contribution in [0.2, 0.25) is 0 Å². The van der Waals surface area contributed by atoms with E-state index in [2.05, 4.69) is 24.2 Å². The van der Waals surface area contributed by atoms with Crippen molar-refractivity contribution in [1.29, 1.82) is 5.41 Å². The first-order valence-electron chi connectivity index (χ1n) is 9.05. The molecule has 0 saturated heterocycles. The molecule has 2 aromatic carbocycles. The molecule has 160 valence electrons. The molecule has 8 heteroatoms. The summed E-state index contributed by atoms with van der Waals surface area (Å²) in [5.41, 5.74) is 12.4. The Kier molecular flexibility index (Phi) is 7.40. The molecule has 0 bridgehead atoms. The molecule has 0 aliphatic rings. The predicted molar refractivity (Wildman–Crippen MR) is 116 cm³/mol. The molecule has 1 aromatic heterocycles. The highest BCUT2D eigenvalue weighted by Gasteiger charge is 2.17. The number of rotatable bonds is 4. The van der Waals surface area contributed by atoms with Gasteiger partial charge in [0.2, 0.25) is 5.78 Å². The molecule has 0 unspecified atom stereocenters. The van der Waals surface area contributed by atoms with Crippen LogP contribution in [-0.4, -0.2) is 22.5 Å². The third-order valence-corrected chi connectivity index (χ3v) is 4.10. The van der Waals surface area contributed by atoms with Crippen LogP contribution in [0.15, 0.2) is 66.7 Å². The third kappa shape index (κ3) is 6.87. The smallest absolute Gasteiger partial charge is 0.384 e. The van der Waals surface area contributed by atoms with E-state index in [1.54, 1.807) is 19.1 Å². The van der Waals surface area contributed by atoms with Gasteiger partial charge in [0.1, 0.15) is 5.84 Å². The van der Waals surface area contributed by atoms with Gasteiger partial charge in [-0.15, -0.1) is 0 Å². The van der Waals surface area contributed by atoms with Crippen LogP contribution in [0.1, 0.15) is 28.5 Å². The standard InChI is InChI=1S/C22H19N3O.CH2F3N/c1-15(2)21(26)20-14-18-7-3-4-8-19(18)25(20)13-5-6-16-9-11-17(12-10-16)22(23)24;2-1(3,4)5/h3-4,7-12,14H,1,13H2,2H3,(H3,23,24);5H2. The molecule has 0 radical (unpaired) electrons. The number of nitrogens with two attached hydrogens (primary N) is 2. The van der Waals surface area contributed by atoms with Crippen molar-refractivity contribution in [2.75, 3.05) is 0 Å². The molecule has 0 amide bonds. The van der Waals surface area contributed by atoms with Gasteiger partial charge in [0.05, 0.1) is 12.2 Å². The Bertz CT molecular complexity index is 1170. The Morgan fingerprint density at radius 1 is 1.16 bits per heavy atom. The number of benzene rings is 2. The second kappa shape index (κ2) is 9.78. The normalized spacial score (nSPS) is 10.5. The molecule has 3 aromatic rings. The number of nitrogen functional groups attached to an aromatic ring is 1. The molecule has 31 heavy (non-hydrogen) atoms. The van der Waals surface area contributed by atoms with Gasteiger partial charge in [0.25, 0.3) is 0 Å². The lowest BCUT2D eigenvalue weighted by Crippen LogP contribution is -2.20. The second-order valence-electron chi connectivity index (χ2n) is 6.62. The zero-order chi connectivity index (χ0) is 23.2. The number of halogens is 3. The maximum absolute atomic E-state index is 12.5. The Labute approximate surface area is 177 Å². The molecule has 5 N–H and O–H groups in total. The summed E-state index contributed by atoms with van der Waals surface area (Å²) in [5.74, 6) is 6.18. The number of para-hydroxylation sites is 1. The highest BCUT2D eigenvalue weighted by Crippen LogP contribution is 2.21. The third-order valence-electron chi connectivity index (χ3n) is 4.10. The van der Waals surface area contributed by atoms with Crippen molar-refractivity contribution in [3.8, 4) is 11.8 Å². The molecule has 1 heterocycles. The minimum absolute atomic E-state index is 0.0336. The SMILES string of the molecule is C=C(C)C(=O)c1cc2ccccc2n1CC#Cc1ccc(C(=N)N)cc1.NC(F)(F)F. The molecule has 0 aliphatic carbocycles. The van der Waals surface area contributed by atoms with E-state index in [4.69, 9.17) is 11.1 Å². The molecule has 0 atom stereocenters. The van der Waals surface area contributed by atoms with Crippen LogP contribution in [0.25, 0.3) is 10.9 Å². The highest BCUT2D eigenvalue weighted by molar-refractivity contribution is 6.09. The minimum Gasteiger partial charge on any atom is -0.384 e. The van der Waals surface area contributed by atoms with Gasteiger partial charge in [0.15, 0.2) is 0 Å². The largest absolute Gasteiger partial charge is 0.454 e. The van der Waals surface area contributed by atoms with Gasteiger partial charge in [-0.1, -0.05) is 48.8 Å². The van der Waals surface area contributed by atoms with E-state index >= 15 is 0 Å². The van der Waals surface area contributed by atoms with E-state index in [-0.39, 0.29) is 11.6 Å². The summed E-state index contributed by atoms with van der Waals surface area (Å²) < 4.78 is 32.3. The average Bonchev–Trinajstić information content (AvgIpc) is 3.05. The van der Waals surface area contributed by atoms with Crippen LogP contribution in [0.5, 0.6) is 0 Å². The number of hydrogen-bond donors (Lipinski definition) is 3. The van der Waals surface area contributed by atoms with Crippen molar-refractivity contribution in [3.05, 3.63) is 83.6 Å². The topological polar surface area (TPSA) is 97.9 Å². The summed E-state index contributed by atoms with van der Waals surface area (Å²) in [6, 6.07) is 16.9. The first kappa shape index (κ1) is 23.4. The quantitative estimate of drug-likeness (QED) is 0.146. The van der Waals surface area contributed by atoms with Gasteiger partial charge in [-0.05, 0) is 36.8 Å². The summed E-state index contributed by atoms with van der Waals surface area (Å²) in [5, 5.41) is 8.42. The van der Waals surface area contributed by atoms with Gasteiger partial charge in [-0.2, -0.15) is 13.2 Å². The number of nitrogens with zero attached hydrogens (tertiary/aromatic N) is 1. The van der Waals surface area contributed by atoms with Crippen LogP contribution in [-0.2, 0) is 6.54 Å². The van der Waals surface area contributed by atoms with Crippen LogP contribution >= 0.6 is 0 Å². The molecular formula is C23H21F3N4O. The number of fused-ring (bicyclic) bond motifs is 1. The maximum Gasteiger partial charge on any atom is 0.454 e. The van der Waals surface area contributed by atoms with Crippen molar-refractivity contribution in [1.82, 2.24) is 4.57 Å². The molecule has 0 fully saturated rings. The Morgan fingerprint density at radius 2 is 1.74 bits per heavy atom. The number of alkyl halides is 3. The van der Waals surface area contributed by atoms with Crippen LogP contribution < -0.4 is 11.5 Å². The second-order valence-corrected chi connectivity index (χ2v) is 6.62. The van der Waals surface area contributed by atoms with E-state index in [1.165, 1.54) is 0 Å². The first-order valence-corrected chi connectivity index (χ1v) is 9.05. The van der Waals surface area contributed by atoms with Gasteiger partial charge < -0.3 is 10.3 Å². The number of carbonyl (C=O) groups is 1. The number of aromatic nitrogens is 1.